The highest BCUT2D eigenvalue weighted by Crippen LogP contribution is 2.49. The summed E-state index contributed by atoms with van der Waals surface area (Å²) < 4.78 is 26.6. The zero-order valence-electron chi connectivity index (χ0n) is 16.9. The summed E-state index contributed by atoms with van der Waals surface area (Å²) in [6.07, 6.45) is 3.85. The standard InChI is InChI=1S/C22H26FN3O4/c1-12-8-14(23)18(17(28)9-12)20-13-10-30-22(6-7-29-11-22)19(13)21(26-25-20)24-15-4-2-3-5-16(15)27/h8-9,15-16,27-28H,2-7,10-11H2,1H3,(H,24,26)/t15-,16-,22+/m1/s1. The fourth-order valence-corrected chi connectivity index (χ4v) is 4.96. The zero-order valence-corrected chi connectivity index (χ0v) is 16.9. The predicted molar refractivity (Wildman–Crippen MR) is 108 cm³/mol. The fraction of sp³-hybridized carbons (Fsp3) is 0.545. The monoisotopic (exact) mass is 415 g/mol. The van der Waals surface area contributed by atoms with Crippen molar-refractivity contribution in [2.75, 3.05) is 18.5 Å². The van der Waals surface area contributed by atoms with E-state index in [1.54, 1.807) is 6.92 Å². The molecule has 2 aliphatic heterocycles. The topological polar surface area (TPSA) is 96.7 Å². The number of aryl methyl sites for hydroxylation is 1. The highest BCUT2D eigenvalue weighted by molar-refractivity contribution is 5.74. The molecule has 7 nitrogen and oxygen atoms in total. The van der Waals surface area contributed by atoms with Crippen molar-refractivity contribution in [1.82, 2.24) is 10.2 Å². The number of phenolic OH excluding ortho intramolecular Hbond substituents is 1. The normalized spacial score (nSPS) is 28.1. The van der Waals surface area contributed by atoms with Gasteiger partial charge in [-0.1, -0.05) is 12.8 Å². The molecule has 1 aromatic carbocycles. The van der Waals surface area contributed by atoms with Crippen molar-refractivity contribution in [2.45, 2.75) is 63.4 Å². The summed E-state index contributed by atoms with van der Waals surface area (Å²) in [4.78, 5) is 0. The Labute approximate surface area is 174 Å². The molecular formula is C22H26FN3O4. The van der Waals surface area contributed by atoms with Gasteiger partial charge in [-0.25, -0.2) is 4.39 Å². The summed E-state index contributed by atoms with van der Waals surface area (Å²) in [6, 6.07) is 2.77. The number of halogens is 1. The molecule has 3 aliphatic rings. The van der Waals surface area contributed by atoms with Gasteiger partial charge < -0.3 is 25.0 Å². The molecule has 1 saturated carbocycles. The minimum atomic E-state index is -0.668. The van der Waals surface area contributed by atoms with E-state index in [9.17, 15) is 14.6 Å². The molecule has 1 spiro atoms. The number of fused-ring (bicyclic) bond motifs is 2. The Kier molecular flexibility index (Phi) is 4.88. The smallest absolute Gasteiger partial charge is 0.155 e. The van der Waals surface area contributed by atoms with Crippen LogP contribution in [0.3, 0.4) is 0 Å². The lowest BCUT2D eigenvalue weighted by Gasteiger charge is -2.31. The maximum Gasteiger partial charge on any atom is 0.155 e. The van der Waals surface area contributed by atoms with Gasteiger partial charge in [0.05, 0.1) is 30.9 Å². The number of nitrogens with zero attached hydrogens (tertiary/aromatic N) is 2. The first-order chi connectivity index (χ1) is 14.5. The van der Waals surface area contributed by atoms with Crippen molar-refractivity contribution in [3.05, 3.63) is 34.6 Å². The van der Waals surface area contributed by atoms with E-state index < -0.39 is 17.5 Å². The third-order valence-electron chi connectivity index (χ3n) is 6.51. The molecule has 160 valence electrons. The number of hydrogen-bond donors (Lipinski definition) is 3. The summed E-state index contributed by atoms with van der Waals surface area (Å²) in [5.74, 6) is -0.165. The Morgan fingerprint density at radius 1 is 1.23 bits per heavy atom. The van der Waals surface area contributed by atoms with Crippen molar-refractivity contribution >= 4 is 5.82 Å². The van der Waals surface area contributed by atoms with Gasteiger partial charge in [0.15, 0.2) is 5.82 Å². The minimum Gasteiger partial charge on any atom is -0.507 e. The van der Waals surface area contributed by atoms with Crippen LogP contribution in [-0.4, -0.2) is 45.8 Å². The van der Waals surface area contributed by atoms with Gasteiger partial charge in [-0.05, 0) is 37.5 Å². The minimum absolute atomic E-state index is 0.0353. The Bertz CT molecular complexity index is 954. The van der Waals surface area contributed by atoms with E-state index in [0.29, 0.717) is 42.3 Å². The molecule has 1 aliphatic carbocycles. The van der Waals surface area contributed by atoms with E-state index in [2.05, 4.69) is 15.5 Å². The molecule has 0 radical (unpaired) electrons. The summed E-state index contributed by atoms with van der Waals surface area (Å²) in [6.45, 7) is 2.90. The molecule has 3 N–H and O–H groups in total. The molecule has 2 fully saturated rings. The fourth-order valence-electron chi connectivity index (χ4n) is 4.96. The Hall–Kier alpha value is -2.29. The number of anilines is 1. The summed E-state index contributed by atoms with van der Waals surface area (Å²) in [5.41, 5.74) is 1.80. The van der Waals surface area contributed by atoms with E-state index in [-0.39, 0.29) is 24.0 Å². The molecule has 1 aromatic heterocycles. The number of benzene rings is 1. The summed E-state index contributed by atoms with van der Waals surface area (Å²) in [7, 11) is 0. The SMILES string of the molecule is Cc1cc(O)c(-c2nnc(N[C@@H]3CCCC[C@H]3O)c3c2CO[C@]32CCOC2)c(F)c1. The molecule has 2 aromatic rings. The van der Waals surface area contributed by atoms with Crippen molar-refractivity contribution in [3.8, 4) is 17.0 Å². The highest BCUT2D eigenvalue weighted by Gasteiger charge is 2.48. The van der Waals surface area contributed by atoms with Crippen molar-refractivity contribution < 1.29 is 24.1 Å². The number of rotatable bonds is 3. The maximum atomic E-state index is 14.8. The molecule has 0 bridgehead atoms. The first-order valence-electron chi connectivity index (χ1n) is 10.5. The van der Waals surface area contributed by atoms with Crippen LogP contribution < -0.4 is 5.32 Å². The first kappa shape index (κ1) is 19.7. The highest BCUT2D eigenvalue weighted by atomic mass is 19.1. The zero-order chi connectivity index (χ0) is 20.9. The van der Waals surface area contributed by atoms with E-state index in [0.717, 1.165) is 31.2 Å². The van der Waals surface area contributed by atoms with Crippen LogP contribution in [0.25, 0.3) is 11.3 Å². The molecule has 8 heteroatoms. The third-order valence-corrected chi connectivity index (χ3v) is 6.51. The molecular weight excluding hydrogens is 389 g/mol. The molecule has 5 rings (SSSR count). The number of phenols is 1. The Morgan fingerprint density at radius 2 is 2.07 bits per heavy atom. The number of aliphatic hydroxyl groups is 1. The van der Waals surface area contributed by atoms with E-state index >= 15 is 0 Å². The lowest BCUT2D eigenvalue weighted by molar-refractivity contribution is -0.0418. The Morgan fingerprint density at radius 3 is 2.80 bits per heavy atom. The lowest BCUT2D eigenvalue weighted by Crippen LogP contribution is -2.38. The second kappa shape index (κ2) is 7.44. The lowest BCUT2D eigenvalue weighted by atomic mass is 9.88. The molecule has 3 heterocycles. The van der Waals surface area contributed by atoms with Gasteiger partial charge in [-0.2, -0.15) is 0 Å². The van der Waals surface area contributed by atoms with Crippen LogP contribution in [0.1, 0.15) is 48.8 Å². The van der Waals surface area contributed by atoms with Gasteiger partial charge in [0.25, 0.3) is 0 Å². The van der Waals surface area contributed by atoms with Crippen LogP contribution in [0.5, 0.6) is 5.75 Å². The number of nitrogens with one attached hydrogen (secondary N) is 1. The van der Waals surface area contributed by atoms with Gasteiger partial charge >= 0.3 is 0 Å². The largest absolute Gasteiger partial charge is 0.507 e. The van der Waals surface area contributed by atoms with Gasteiger partial charge in [0, 0.05) is 24.2 Å². The third kappa shape index (κ3) is 3.14. The second-order valence-electron chi connectivity index (χ2n) is 8.58. The second-order valence-corrected chi connectivity index (χ2v) is 8.58. The van der Waals surface area contributed by atoms with E-state index in [4.69, 9.17) is 9.47 Å². The number of aromatic nitrogens is 2. The average molecular weight is 415 g/mol. The van der Waals surface area contributed by atoms with Gasteiger partial charge in [-0.15, -0.1) is 10.2 Å². The number of aromatic hydroxyl groups is 1. The van der Waals surface area contributed by atoms with Crippen LogP contribution in [0, 0.1) is 12.7 Å². The van der Waals surface area contributed by atoms with Crippen LogP contribution in [0.2, 0.25) is 0 Å². The van der Waals surface area contributed by atoms with E-state index in [1.165, 1.54) is 12.1 Å². The summed E-state index contributed by atoms with van der Waals surface area (Å²) in [5, 5.41) is 33.0. The molecule has 0 amide bonds. The molecule has 30 heavy (non-hydrogen) atoms. The average Bonchev–Trinajstić information content (AvgIpc) is 3.33. The van der Waals surface area contributed by atoms with Crippen molar-refractivity contribution in [2.24, 2.45) is 0 Å². The predicted octanol–water partition coefficient (Wildman–Crippen LogP) is 3.16. The van der Waals surface area contributed by atoms with E-state index in [1.807, 2.05) is 0 Å². The Balaban J connectivity index is 1.64. The van der Waals surface area contributed by atoms with Crippen LogP contribution in [0.15, 0.2) is 12.1 Å². The van der Waals surface area contributed by atoms with Gasteiger partial charge in [-0.3, -0.25) is 0 Å². The van der Waals surface area contributed by atoms with Crippen molar-refractivity contribution in [3.63, 3.8) is 0 Å². The van der Waals surface area contributed by atoms with Gasteiger partial charge in [0.2, 0.25) is 0 Å². The first-order valence-corrected chi connectivity index (χ1v) is 10.5. The maximum absolute atomic E-state index is 14.8. The van der Waals surface area contributed by atoms with Crippen LogP contribution in [-0.2, 0) is 21.7 Å². The van der Waals surface area contributed by atoms with Crippen molar-refractivity contribution in [1.29, 1.82) is 0 Å². The van der Waals surface area contributed by atoms with Crippen LogP contribution >= 0.6 is 0 Å². The van der Waals surface area contributed by atoms with Crippen LogP contribution in [0.4, 0.5) is 10.2 Å². The number of ether oxygens (including phenoxy) is 2. The quantitative estimate of drug-likeness (QED) is 0.709. The molecule has 0 unspecified atom stereocenters. The van der Waals surface area contributed by atoms with Gasteiger partial charge in [0.1, 0.15) is 22.9 Å². The molecule has 1 saturated heterocycles. The molecule has 3 atom stereocenters. The number of aliphatic hydroxyl groups excluding tert-OH is 1. The summed E-state index contributed by atoms with van der Waals surface area (Å²) >= 11 is 0. The number of hydrogen-bond acceptors (Lipinski definition) is 7.